The van der Waals surface area contributed by atoms with Crippen molar-refractivity contribution in [1.29, 1.82) is 0 Å². The second kappa shape index (κ2) is 6.12. The maximum absolute atomic E-state index is 13.2. The van der Waals surface area contributed by atoms with E-state index in [1.165, 1.54) is 18.3 Å². The molecule has 0 aliphatic heterocycles. The molecule has 0 spiro atoms. The van der Waals surface area contributed by atoms with E-state index in [0.29, 0.717) is 28.1 Å². The van der Waals surface area contributed by atoms with Gasteiger partial charge in [0.15, 0.2) is 0 Å². The van der Waals surface area contributed by atoms with Crippen LogP contribution in [0.15, 0.2) is 41.0 Å². The summed E-state index contributed by atoms with van der Waals surface area (Å²) < 4.78 is 19.3. The van der Waals surface area contributed by atoms with E-state index >= 15 is 0 Å². The standard InChI is InChI=1S/C14H13BrFNO2/c1-2-14(18)13-4-3-11(8-17-13)19-12-6-9(15)5-10(16)7-12/h3-8,14,18H,2H2,1H3/t14-/m0/s1. The third kappa shape index (κ3) is 3.75. The zero-order valence-electron chi connectivity index (χ0n) is 10.3. The molecule has 0 bridgehead atoms. The monoisotopic (exact) mass is 325 g/mol. The molecule has 0 saturated carbocycles. The van der Waals surface area contributed by atoms with Crippen LogP contribution < -0.4 is 4.74 Å². The Hall–Kier alpha value is -1.46. The van der Waals surface area contributed by atoms with Crippen molar-refractivity contribution in [2.75, 3.05) is 0 Å². The molecule has 2 aromatic rings. The average molecular weight is 326 g/mol. The largest absolute Gasteiger partial charge is 0.456 e. The van der Waals surface area contributed by atoms with Crippen LogP contribution in [0.2, 0.25) is 0 Å². The molecule has 1 aromatic carbocycles. The number of aromatic nitrogens is 1. The lowest BCUT2D eigenvalue weighted by molar-refractivity contribution is 0.169. The van der Waals surface area contributed by atoms with Gasteiger partial charge in [0.1, 0.15) is 17.3 Å². The number of aliphatic hydroxyl groups is 1. The summed E-state index contributed by atoms with van der Waals surface area (Å²) in [6.45, 7) is 1.88. The molecule has 1 N–H and O–H groups in total. The molecule has 0 aliphatic carbocycles. The van der Waals surface area contributed by atoms with Crippen molar-refractivity contribution in [3.05, 3.63) is 52.5 Å². The van der Waals surface area contributed by atoms with E-state index in [1.807, 2.05) is 6.92 Å². The minimum Gasteiger partial charge on any atom is -0.456 e. The number of rotatable bonds is 4. The summed E-state index contributed by atoms with van der Waals surface area (Å²) in [6.07, 6.45) is 1.54. The van der Waals surface area contributed by atoms with E-state index in [2.05, 4.69) is 20.9 Å². The number of benzene rings is 1. The van der Waals surface area contributed by atoms with E-state index in [0.717, 1.165) is 0 Å². The minimum absolute atomic E-state index is 0.379. The SMILES string of the molecule is CC[C@H](O)c1ccc(Oc2cc(F)cc(Br)c2)cn1. The van der Waals surface area contributed by atoms with Crippen molar-refractivity contribution < 1.29 is 14.2 Å². The number of halogens is 2. The number of pyridine rings is 1. The molecule has 2 rings (SSSR count). The van der Waals surface area contributed by atoms with E-state index in [1.54, 1.807) is 18.2 Å². The second-order valence-electron chi connectivity index (χ2n) is 4.05. The van der Waals surface area contributed by atoms with Gasteiger partial charge in [0.2, 0.25) is 0 Å². The van der Waals surface area contributed by atoms with Crippen LogP contribution in [-0.4, -0.2) is 10.1 Å². The average Bonchev–Trinajstić information content (AvgIpc) is 2.37. The summed E-state index contributed by atoms with van der Waals surface area (Å²) in [7, 11) is 0. The van der Waals surface area contributed by atoms with Crippen molar-refractivity contribution in [2.45, 2.75) is 19.4 Å². The summed E-state index contributed by atoms with van der Waals surface area (Å²) in [5.74, 6) is 0.498. The Kier molecular flexibility index (Phi) is 4.50. The fourth-order valence-corrected chi connectivity index (χ4v) is 2.03. The number of nitrogens with zero attached hydrogens (tertiary/aromatic N) is 1. The van der Waals surface area contributed by atoms with Gasteiger partial charge in [-0.15, -0.1) is 0 Å². The van der Waals surface area contributed by atoms with Gasteiger partial charge in [-0.25, -0.2) is 4.39 Å². The van der Waals surface area contributed by atoms with Gasteiger partial charge >= 0.3 is 0 Å². The molecule has 0 fully saturated rings. The van der Waals surface area contributed by atoms with E-state index in [-0.39, 0.29) is 5.82 Å². The van der Waals surface area contributed by atoms with Gasteiger partial charge in [-0.1, -0.05) is 22.9 Å². The minimum atomic E-state index is -0.572. The van der Waals surface area contributed by atoms with Crippen LogP contribution >= 0.6 is 15.9 Å². The van der Waals surface area contributed by atoms with Gasteiger partial charge < -0.3 is 9.84 Å². The zero-order chi connectivity index (χ0) is 13.8. The van der Waals surface area contributed by atoms with Gasteiger partial charge in [0.05, 0.1) is 18.0 Å². The molecule has 1 atom stereocenters. The molecule has 19 heavy (non-hydrogen) atoms. The third-order valence-corrected chi connectivity index (χ3v) is 3.02. The molecule has 0 amide bonds. The molecule has 100 valence electrons. The topological polar surface area (TPSA) is 42.4 Å². The molecule has 1 heterocycles. The van der Waals surface area contributed by atoms with Gasteiger partial charge in [0.25, 0.3) is 0 Å². The summed E-state index contributed by atoms with van der Waals surface area (Å²) in [4.78, 5) is 4.11. The Balaban J connectivity index is 2.15. The molecule has 0 aliphatic rings. The third-order valence-electron chi connectivity index (χ3n) is 2.56. The highest BCUT2D eigenvalue weighted by molar-refractivity contribution is 9.10. The first-order valence-electron chi connectivity index (χ1n) is 5.86. The maximum Gasteiger partial charge on any atom is 0.145 e. The fraction of sp³-hybridized carbons (Fsp3) is 0.214. The summed E-state index contributed by atoms with van der Waals surface area (Å²) in [5.41, 5.74) is 0.593. The highest BCUT2D eigenvalue weighted by atomic mass is 79.9. The van der Waals surface area contributed by atoms with Crippen molar-refractivity contribution in [2.24, 2.45) is 0 Å². The van der Waals surface area contributed by atoms with Crippen LogP contribution in [0.25, 0.3) is 0 Å². The number of ether oxygens (including phenoxy) is 1. The van der Waals surface area contributed by atoms with Crippen molar-refractivity contribution in [3.63, 3.8) is 0 Å². The molecule has 1 aromatic heterocycles. The highest BCUT2D eigenvalue weighted by Gasteiger charge is 2.07. The lowest BCUT2D eigenvalue weighted by atomic mass is 10.2. The predicted octanol–water partition coefficient (Wildman–Crippen LogP) is 4.22. The predicted molar refractivity (Wildman–Crippen MR) is 73.7 cm³/mol. The van der Waals surface area contributed by atoms with Crippen LogP contribution in [0.1, 0.15) is 25.1 Å². The maximum atomic E-state index is 13.2. The molecular weight excluding hydrogens is 313 g/mol. The van der Waals surface area contributed by atoms with Gasteiger partial charge in [-0.3, -0.25) is 4.98 Å². The number of hydrogen-bond acceptors (Lipinski definition) is 3. The molecule has 3 nitrogen and oxygen atoms in total. The Bertz CT molecular complexity index is 540. The zero-order valence-corrected chi connectivity index (χ0v) is 11.9. The van der Waals surface area contributed by atoms with E-state index in [4.69, 9.17) is 4.74 Å². The molecular formula is C14H13BrFNO2. The van der Waals surface area contributed by atoms with Gasteiger partial charge in [-0.2, -0.15) is 0 Å². The number of hydrogen-bond donors (Lipinski definition) is 1. The second-order valence-corrected chi connectivity index (χ2v) is 4.97. The first-order valence-corrected chi connectivity index (χ1v) is 6.65. The van der Waals surface area contributed by atoms with Crippen LogP contribution in [0.3, 0.4) is 0 Å². The number of aliphatic hydroxyl groups excluding tert-OH is 1. The Labute approximate surface area is 119 Å². The smallest absolute Gasteiger partial charge is 0.145 e. The lowest BCUT2D eigenvalue weighted by Gasteiger charge is -2.09. The Morgan fingerprint density at radius 1 is 1.32 bits per heavy atom. The molecule has 0 radical (unpaired) electrons. The van der Waals surface area contributed by atoms with Crippen molar-refractivity contribution in [3.8, 4) is 11.5 Å². The molecule has 5 heteroatoms. The van der Waals surface area contributed by atoms with Crippen molar-refractivity contribution in [1.82, 2.24) is 4.98 Å². The Morgan fingerprint density at radius 3 is 2.68 bits per heavy atom. The van der Waals surface area contributed by atoms with Crippen molar-refractivity contribution >= 4 is 15.9 Å². The first kappa shape index (κ1) is 14.0. The quantitative estimate of drug-likeness (QED) is 0.915. The molecule has 0 unspecified atom stereocenters. The normalized spacial score (nSPS) is 12.2. The highest BCUT2D eigenvalue weighted by Crippen LogP contribution is 2.26. The Morgan fingerprint density at radius 2 is 2.11 bits per heavy atom. The fourth-order valence-electron chi connectivity index (χ4n) is 1.58. The van der Waals surface area contributed by atoms with Gasteiger partial charge in [0, 0.05) is 10.5 Å². The first-order chi connectivity index (χ1) is 9.08. The van der Waals surface area contributed by atoms with Crippen LogP contribution in [-0.2, 0) is 0 Å². The van der Waals surface area contributed by atoms with Gasteiger partial charge in [-0.05, 0) is 30.7 Å². The van der Waals surface area contributed by atoms with Crippen LogP contribution in [0.5, 0.6) is 11.5 Å². The summed E-state index contributed by atoms with van der Waals surface area (Å²) in [6, 6.07) is 7.70. The summed E-state index contributed by atoms with van der Waals surface area (Å²) >= 11 is 3.20. The van der Waals surface area contributed by atoms with Crippen LogP contribution in [0.4, 0.5) is 4.39 Å². The van der Waals surface area contributed by atoms with E-state index in [9.17, 15) is 9.50 Å². The molecule has 0 saturated heterocycles. The van der Waals surface area contributed by atoms with Crippen LogP contribution in [0, 0.1) is 5.82 Å². The summed E-state index contributed by atoms with van der Waals surface area (Å²) in [5, 5.41) is 9.62. The lowest BCUT2D eigenvalue weighted by Crippen LogP contribution is -1.98. The van der Waals surface area contributed by atoms with E-state index < -0.39 is 6.10 Å².